The van der Waals surface area contributed by atoms with Gasteiger partial charge in [0.1, 0.15) is 12.7 Å². The highest BCUT2D eigenvalue weighted by molar-refractivity contribution is 5.76. The van der Waals surface area contributed by atoms with E-state index in [1.807, 2.05) is 9.58 Å². The third-order valence-corrected chi connectivity index (χ3v) is 3.59. The van der Waals surface area contributed by atoms with Crippen molar-refractivity contribution in [1.29, 1.82) is 0 Å². The van der Waals surface area contributed by atoms with Gasteiger partial charge in [-0.15, -0.1) is 5.10 Å². The van der Waals surface area contributed by atoms with Crippen molar-refractivity contribution in [3.63, 3.8) is 0 Å². The summed E-state index contributed by atoms with van der Waals surface area (Å²) in [6.07, 6.45) is 9.12. The highest BCUT2D eigenvalue weighted by Crippen LogP contribution is 2.20. The predicted molar refractivity (Wildman–Crippen MR) is 69.5 cm³/mol. The topological polar surface area (TPSA) is 81.7 Å². The maximum Gasteiger partial charge on any atom is 0.224 e. The molecular weight excluding hydrogens is 258 g/mol. The second-order valence-corrected chi connectivity index (χ2v) is 4.93. The minimum atomic E-state index is 0.158. The highest BCUT2D eigenvalue weighted by Gasteiger charge is 2.24. The molecule has 3 rings (SSSR count). The zero-order valence-corrected chi connectivity index (χ0v) is 11.2. The molecule has 0 radical (unpaired) electrons. The Morgan fingerprint density at radius 3 is 3.10 bits per heavy atom. The van der Waals surface area contributed by atoms with Gasteiger partial charge >= 0.3 is 0 Å². The number of aromatic nitrogens is 6. The van der Waals surface area contributed by atoms with Crippen molar-refractivity contribution in [3.8, 4) is 0 Å². The highest BCUT2D eigenvalue weighted by atomic mass is 16.2. The van der Waals surface area contributed by atoms with Crippen LogP contribution in [0.5, 0.6) is 0 Å². The first-order valence-electron chi connectivity index (χ1n) is 6.79. The number of nitrogens with zero attached hydrogens (tertiary/aromatic N) is 7. The van der Waals surface area contributed by atoms with Crippen molar-refractivity contribution < 1.29 is 4.79 Å². The summed E-state index contributed by atoms with van der Waals surface area (Å²) in [5, 5.41) is 11.8. The number of carbonyl (C=O) groups excluding carboxylic acids is 1. The van der Waals surface area contributed by atoms with Gasteiger partial charge in [-0.2, -0.15) is 5.10 Å². The van der Waals surface area contributed by atoms with E-state index in [-0.39, 0.29) is 11.9 Å². The quantitative estimate of drug-likeness (QED) is 0.791. The Labute approximate surface area is 116 Å². The lowest BCUT2D eigenvalue weighted by molar-refractivity contribution is -0.133. The number of amides is 1. The number of likely N-dealkylation sites (tertiary alicyclic amines) is 1. The largest absolute Gasteiger partial charge is 0.340 e. The Morgan fingerprint density at radius 2 is 2.35 bits per heavy atom. The fourth-order valence-corrected chi connectivity index (χ4v) is 2.52. The zero-order chi connectivity index (χ0) is 13.8. The third-order valence-electron chi connectivity index (χ3n) is 3.59. The molecule has 1 aliphatic rings. The van der Waals surface area contributed by atoms with E-state index in [9.17, 15) is 4.79 Å². The van der Waals surface area contributed by atoms with Crippen LogP contribution in [0, 0.1) is 0 Å². The van der Waals surface area contributed by atoms with Crippen LogP contribution in [0.1, 0.15) is 25.3 Å². The minimum Gasteiger partial charge on any atom is -0.340 e. The van der Waals surface area contributed by atoms with Crippen molar-refractivity contribution >= 4 is 5.91 Å². The lowest BCUT2D eigenvalue weighted by atomic mass is 10.1. The molecule has 1 amide bonds. The molecule has 0 bridgehead atoms. The Balaban J connectivity index is 1.55. The van der Waals surface area contributed by atoms with Crippen molar-refractivity contribution in [3.05, 3.63) is 25.0 Å². The Bertz CT molecular complexity index is 536. The SMILES string of the molecule is O=C(CCn1ccnn1)N1CCC[C@H](n2cncn2)C1. The number of carbonyl (C=O) groups is 1. The summed E-state index contributed by atoms with van der Waals surface area (Å²) in [5.74, 6) is 0.158. The number of piperidine rings is 1. The van der Waals surface area contributed by atoms with Gasteiger partial charge in [0.05, 0.1) is 18.8 Å². The minimum absolute atomic E-state index is 0.158. The van der Waals surface area contributed by atoms with Crippen molar-refractivity contribution in [1.82, 2.24) is 34.7 Å². The maximum atomic E-state index is 12.2. The van der Waals surface area contributed by atoms with E-state index in [0.717, 1.165) is 19.4 Å². The average Bonchev–Trinajstić information content (AvgIpc) is 3.18. The van der Waals surface area contributed by atoms with Gasteiger partial charge in [-0.25, -0.2) is 9.67 Å². The molecule has 106 valence electrons. The molecule has 3 heterocycles. The summed E-state index contributed by atoms with van der Waals surface area (Å²) in [6, 6.07) is 0.238. The van der Waals surface area contributed by atoms with Crippen LogP contribution in [0.3, 0.4) is 0 Å². The van der Waals surface area contributed by atoms with Gasteiger partial charge in [0.15, 0.2) is 0 Å². The van der Waals surface area contributed by atoms with Crippen LogP contribution in [0.2, 0.25) is 0 Å². The fraction of sp³-hybridized carbons (Fsp3) is 0.583. The summed E-state index contributed by atoms with van der Waals surface area (Å²) in [6.45, 7) is 2.10. The van der Waals surface area contributed by atoms with E-state index in [1.54, 1.807) is 23.4 Å². The molecule has 1 atom stereocenters. The molecule has 1 saturated heterocycles. The smallest absolute Gasteiger partial charge is 0.224 e. The maximum absolute atomic E-state index is 12.2. The normalized spacial score (nSPS) is 19.2. The summed E-state index contributed by atoms with van der Waals surface area (Å²) in [5.41, 5.74) is 0. The fourth-order valence-electron chi connectivity index (χ4n) is 2.52. The third kappa shape index (κ3) is 2.84. The zero-order valence-electron chi connectivity index (χ0n) is 11.2. The molecule has 0 aromatic carbocycles. The van der Waals surface area contributed by atoms with Gasteiger partial charge < -0.3 is 4.90 Å². The van der Waals surface area contributed by atoms with Crippen LogP contribution >= 0.6 is 0 Å². The second-order valence-electron chi connectivity index (χ2n) is 4.93. The van der Waals surface area contributed by atoms with Gasteiger partial charge in [-0.1, -0.05) is 5.21 Å². The Kier molecular flexibility index (Phi) is 3.71. The monoisotopic (exact) mass is 275 g/mol. The van der Waals surface area contributed by atoms with Crippen molar-refractivity contribution in [2.24, 2.45) is 0 Å². The van der Waals surface area contributed by atoms with Crippen LogP contribution < -0.4 is 0 Å². The first-order chi connectivity index (χ1) is 9.83. The van der Waals surface area contributed by atoms with E-state index in [2.05, 4.69) is 20.4 Å². The molecule has 2 aromatic heterocycles. The number of aryl methyl sites for hydroxylation is 1. The lowest BCUT2D eigenvalue weighted by Gasteiger charge is -2.32. The van der Waals surface area contributed by atoms with Crippen LogP contribution in [0.4, 0.5) is 0 Å². The molecule has 0 unspecified atom stereocenters. The molecule has 0 saturated carbocycles. The lowest BCUT2D eigenvalue weighted by Crippen LogP contribution is -2.41. The molecule has 0 aliphatic carbocycles. The Morgan fingerprint density at radius 1 is 1.40 bits per heavy atom. The molecule has 8 nitrogen and oxygen atoms in total. The molecule has 20 heavy (non-hydrogen) atoms. The molecular formula is C12H17N7O. The first-order valence-corrected chi connectivity index (χ1v) is 6.79. The molecule has 1 fully saturated rings. The first kappa shape index (κ1) is 12.8. The van der Waals surface area contributed by atoms with Gasteiger partial charge in [-0.3, -0.25) is 9.48 Å². The predicted octanol–water partition coefficient (Wildman–Crippen LogP) is 0.123. The number of hydrogen-bond donors (Lipinski definition) is 0. The van der Waals surface area contributed by atoms with E-state index >= 15 is 0 Å². The van der Waals surface area contributed by atoms with Gasteiger partial charge in [0.2, 0.25) is 5.91 Å². The van der Waals surface area contributed by atoms with Crippen LogP contribution in [0.25, 0.3) is 0 Å². The molecule has 0 spiro atoms. The van der Waals surface area contributed by atoms with Crippen molar-refractivity contribution in [2.75, 3.05) is 13.1 Å². The average molecular weight is 275 g/mol. The molecule has 0 N–H and O–H groups in total. The van der Waals surface area contributed by atoms with Gasteiger partial charge in [0.25, 0.3) is 0 Å². The second kappa shape index (κ2) is 5.81. The molecule has 8 heteroatoms. The summed E-state index contributed by atoms with van der Waals surface area (Å²) >= 11 is 0. The van der Waals surface area contributed by atoms with Gasteiger partial charge in [0, 0.05) is 25.7 Å². The number of hydrogen-bond acceptors (Lipinski definition) is 5. The van der Waals surface area contributed by atoms with Crippen LogP contribution in [-0.2, 0) is 11.3 Å². The van der Waals surface area contributed by atoms with Gasteiger partial charge in [-0.05, 0) is 12.8 Å². The summed E-state index contributed by atoms with van der Waals surface area (Å²) in [4.78, 5) is 18.1. The van der Waals surface area contributed by atoms with E-state index in [0.29, 0.717) is 19.5 Å². The number of rotatable bonds is 4. The summed E-state index contributed by atoms with van der Waals surface area (Å²) in [7, 11) is 0. The molecule has 1 aliphatic heterocycles. The van der Waals surface area contributed by atoms with Crippen LogP contribution in [-0.4, -0.2) is 53.7 Å². The van der Waals surface area contributed by atoms with E-state index in [4.69, 9.17) is 0 Å². The van der Waals surface area contributed by atoms with E-state index in [1.165, 1.54) is 6.33 Å². The van der Waals surface area contributed by atoms with E-state index < -0.39 is 0 Å². The Hall–Kier alpha value is -2.25. The standard InChI is InChI=1S/C12H17N7O/c20-12(3-6-18-7-4-14-16-18)17-5-1-2-11(8-17)19-10-13-9-15-19/h4,7,9-11H,1-3,5-6,8H2/t11-/m0/s1. The molecule has 2 aromatic rings. The van der Waals surface area contributed by atoms with Crippen molar-refractivity contribution in [2.45, 2.75) is 31.8 Å². The summed E-state index contributed by atoms with van der Waals surface area (Å²) < 4.78 is 3.52. The van der Waals surface area contributed by atoms with Crippen LogP contribution in [0.15, 0.2) is 25.0 Å².